The summed E-state index contributed by atoms with van der Waals surface area (Å²) in [6.07, 6.45) is 9.23. The first-order chi connectivity index (χ1) is 28.5. The number of nitrogens with one attached hydrogen (secondary N) is 3. The number of aliphatic hydroxyl groups excluding tert-OH is 1. The van der Waals surface area contributed by atoms with Gasteiger partial charge in [0.05, 0.1) is 12.5 Å². The molecule has 2 aromatic rings. The van der Waals surface area contributed by atoms with E-state index in [1.807, 2.05) is 13.8 Å². The second kappa shape index (κ2) is 17.9. The van der Waals surface area contributed by atoms with Gasteiger partial charge < -0.3 is 24.6 Å². The van der Waals surface area contributed by atoms with Crippen LogP contribution in [0.4, 0.5) is 10.5 Å². The van der Waals surface area contributed by atoms with Crippen LogP contribution in [-0.4, -0.2) is 58.9 Å². The van der Waals surface area contributed by atoms with Crippen molar-refractivity contribution in [1.29, 1.82) is 0 Å². The molecule has 59 heavy (non-hydrogen) atoms. The molecule has 6 aliphatic carbocycles. The van der Waals surface area contributed by atoms with Crippen molar-refractivity contribution < 1.29 is 53.1 Å². The number of ether oxygens (including phenoxy) is 3. The van der Waals surface area contributed by atoms with Gasteiger partial charge in [0.15, 0.2) is 6.04 Å². The summed E-state index contributed by atoms with van der Waals surface area (Å²) in [7, 11) is 0. The maximum Gasteiger partial charge on any atom is 0.411 e. The molecule has 1 saturated heterocycles. The van der Waals surface area contributed by atoms with Crippen LogP contribution in [-0.2, 0) is 49.8 Å². The van der Waals surface area contributed by atoms with Crippen LogP contribution in [0.3, 0.4) is 0 Å². The Hall–Kier alpha value is -4.08. The third-order valence-corrected chi connectivity index (χ3v) is 13.4. The zero-order valence-corrected chi connectivity index (χ0v) is 34.1. The lowest BCUT2D eigenvalue weighted by atomic mass is 9.53. The number of carbonyl (C=O) groups excluding carboxylic acids is 4. The van der Waals surface area contributed by atoms with E-state index >= 15 is 0 Å². The number of anilines is 1. The van der Waals surface area contributed by atoms with E-state index in [9.17, 15) is 24.3 Å². The third-order valence-electron chi connectivity index (χ3n) is 13.4. The minimum atomic E-state index is -1.76. The van der Waals surface area contributed by atoms with Crippen LogP contribution in [0.15, 0.2) is 54.6 Å². The zero-order chi connectivity index (χ0) is 41.1. The molecule has 6 saturated carbocycles. The highest BCUT2D eigenvalue weighted by Crippen LogP contribution is 2.63. The molecule has 7 fully saturated rings. The van der Waals surface area contributed by atoms with Crippen LogP contribution in [0.2, 0.25) is 0 Å². The van der Waals surface area contributed by atoms with Gasteiger partial charge in [0.2, 0.25) is 17.5 Å². The van der Waals surface area contributed by atoms with Crippen LogP contribution in [0, 0.1) is 35.5 Å². The minimum absolute atomic E-state index is 0.0515. The number of hydrogen-bond acceptors (Lipinski definition) is 11. The van der Waals surface area contributed by atoms with Crippen LogP contribution in [0.1, 0.15) is 121 Å². The molecule has 1 aliphatic heterocycles. The second-order valence-electron chi connectivity index (χ2n) is 18.3. The fraction of sp³-hybridized carbons (Fsp3) is 0.644. The number of amides is 3. The van der Waals surface area contributed by atoms with E-state index in [1.54, 1.807) is 54.6 Å². The van der Waals surface area contributed by atoms with Crippen molar-refractivity contribution in [2.24, 2.45) is 35.5 Å². The SMILES string of the molecule is CC(C)C[C@@H](C(=O)N[C@H](C(=O)OC1CCCC1)c1ccccc1)[C@H](O)C(=O)NOCc1ccc(NC(=O)OC2CCC[C@]3(C2)OOC2(O3)C3CC4CC(C3)CC2C4)cc1. The fourth-order valence-electron chi connectivity index (χ4n) is 10.7. The van der Waals surface area contributed by atoms with Gasteiger partial charge in [-0.05, 0) is 118 Å². The third kappa shape index (κ3) is 9.47. The molecule has 4 bridgehead atoms. The summed E-state index contributed by atoms with van der Waals surface area (Å²) in [5, 5.41) is 16.6. The van der Waals surface area contributed by atoms with E-state index in [-0.39, 0.29) is 31.2 Å². The molecule has 2 spiro atoms. The molecule has 3 amide bonds. The lowest BCUT2D eigenvalue weighted by molar-refractivity contribution is -0.390. The first kappa shape index (κ1) is 41.6. The molecule has 14 nitrogen and oxygen atoms in total. The maximum atomic E-state index is 13.7. The van der Waals surface area contributed by atoms with Gasteiger partial charge in [-0.3, -0.25) is 19.7 Å². The van der Waals surface area contributed by atoms with Crippen LogP contribution >= 0.6 is 0 Å². The largest absolute Gasteiger partial charge is 0.461 e. The molecule has 0 aromatic heterocycles. The molecule has 9 rings (SSSR count). The van der Waals surface area contributed by atoms with Crippen molar-refractivity contribution >= 4 is 29.6 Å². The number of carbonyl (C=O) groups is 4. The number of benzene rings is 2. The molecule has 320 valence electrons. The number of hydrogen-bond donors (Lipinski definition) is 4. The molecule has 5 atom stereocenters. The molecule has 2 aromatic carbocycles. The Kier molecular flexibility index (Phi) is 12.6. The molecule has 14 heteroatoms. The quantitative estimate of drug-likeness (QED) is 0.0884. The van der Waals surface area contributed by atoms with Crippen molar-refractivity contribution in [2.75, 3.05) is 5.32 Å². The Labute approximate surface area is 345 Å². The lowest BCUT2D eigenvalue weighted by Crippen LogP contribution is -2.59. The summed E-state index contributed by atoms with van der Waals surface area (Å²) in [5.41, 5.74) is 3.99. The minimum Gasteiger partial charge on any atom is -0.461 e. The highest BCUT2D eigenvalue weighted by Gasteiger charge is 2.67. The van der Waals surface area contributed by atoms with Crippen LogP contribution in [0.5, 0.6) is 0 Å². The maximum absolute atomic E-state index is 13.7. The van der Waals surface area contributed by atoms with Gasteiger partial charge in [0.25, 0.3) is 5.91 Å². The normalized spacial score (nSPS) is 31.2. The molecule has 4 N–H and O–H groups in total. The summed E-state index contributed by atoms with van der Waals surface area (Å²) in [6, 6.07) is 14.5. The Morgan fingerprint density at radius 2 is 1.49 bits per heavy atom. The molecular weight excluding hydrogens is 759 g/mol. The van der Waals surface area contributed by atoms with Gasteiger partial charge in [0.1, 0.15) is 18.3 Å². The average Bonchev–Trinajstić information content (AvgIpc) is 3.87. The van der Waals surface area contributed by atoms with E-state index in [0.717, 1.165) is 69.6 Å². The van der Waals surface area contributed by atoms with Gasteiger partial charge in [-0.25, -0.2) is 15.1 Å². The monoisotopic (exact) mass is 817 g/mol. The summed E-state index contributed by atoms with van der Waals surface area (Å²) in [5.74, 6) is -2.65. The van der Waals surface area contributed by atoms with Crippen molar-refractivity contribution in [3.63, 3.8) is 0 Å². The number of aliphatic hydroxyl groups is 1. The summed E-state index contributed by atoms with van der Waals surface area (Å²) >= 11 is 0. The molecule has 1 unspecified atom stereocenters. The van der Waals surface area contributed by atoms with Crippen molar-refractivity contribution in [2.45, 2.75) is 146 Å². The van der Waals surface area contributed by atoms with Gasteiger partial charge in [-0.15, -0.1) is 0 Å². The Morgan fingerprint density at radius 3 is 2.17 bits per heavy atom. The lowest BCUT2D eigenvalue weighted by Gasteiger charge is -2.57. The zero-order valence-electron chi connectivity index (χ0n) is 34.1. The molecule has 1 heterocycles. The van der Waals surface area contributed by atoms with Crippen molar-refractivity contribution in [1.82, 2.24) is 10.8 Å². The first-order valence-electron chi connectivity index (χ1n) is 21.8. The van der Waals surface area contributed by atoms with Crippen molar-refractivity contribution in [3.05, 3.63) is 65.7 Å². The highest BCUT2D eigenvalue weighted by atomic mass is 17.3. The fourth-order valence-corrected chi connectivity index (χ4v) is 10.7. The van der Waals surface area contributed by atoms with E-state index < -0.39 is 53.5 Å². The summed E-state index contributed by atoms with van der Waals surface area (Å²) in [6.45, 7) is 3.70. The van der Waals surface area contributed by atoms with Crippen LogP contribution in [0.25, 0.3) is 0 Å². The number of esters is 1. The number of rotatable bonds is 14. The molecular formula is C45H59N3O11. The van der Waals surface area contributed by atoms with Crippen molar-refractivity contribution in [3.8, 4) is 0 Å². The van der Waals surface area contributed by atoms with E-state index in [0.29, 0.717) is 47.9 Å². The Balaban J connectivity index is 0.795. The second-order valence-corrected chi connectivity index (χ2v) is 18.3. The van der Waals surface area contributed by atoms with E-state index in [4.69, 9.17) is 28.8 Å². The smallest absolute Gasteiger partial charge is 0.411 e. The van der Waals surface area contributed by atoms with Crippen LogP contribution < -0.4 is 16.1 Å². The first-order valence-corrected chi connectivity index (χ1v) is 21.8. The Morgan fingerprint density at radius 1 is 0.814 bits per heavy atom. The topological polar surface area (TPSA) is 180 Å². The molecule has 7 aliphatic rings. The summed E-state index contributed by atoms with van der Waals surface area (Å²) < 4.78 is 18.4. The standard InChI is InChI=1S/C45H59N3O11/c1-27(2)19-37(40(50)47-38(31-9-4-3-5-10-31)42(52)55-35-11-6-7-12-35)39(49)41(51)48-54-26-28-14-16-34(17-15-28)46-43(53)56-36-13-8-18-44(25-36)57-45(59-58-44)32-21-29-20-30(23-32)24-33(45)22-29/h3-5,9-10,14-17,27,29-30,32-33,35-39,49H,6-8,11-13,18-26H2,1-2H3,(H,46,53)(H,47,50)(H,48,51)/t29?,30?,32?,33?,36?,37-,38+,39+,44-,45?/m1/s1. The van der Waals surface area contributed by atoms with Gasteiger partial charge in [-0.2, -0.15) is 9.78 Å². The average molecular weight is 818 g/mol. The highest BCUT2D eigenvalue weighted by molar-refractivity contribution is 5.91. The van der Waals surface area contributed by atoms with Gasteiger partial charge in [0, 0.05) is 30.4 Å². The van der Waals surface area contributed by atoms with Gasteiger partial charge in [-0.1, -0.05) is 56.3 Å². The molecule has 0 radical (unpaired) electrons. The van der Waals surface area contributed by atoms with Gasteiger partial charge >= 0.3 is 12.1 Å². The Bertz CT molecular complexity index is 1770. The van der Waals surface area contributed by atoms with E-state index in [2.05, 4.69) is 16.1 Å². The van der Waals surface area contributed by atoms with E-state index in [1.165, 1.54) is 6.42 Å². The predicted molar refractivity (Wildman–Crippen MR) is 212 cm³/mol. The predicted octanol–water partition coefficient (Wildman–Crippen LogP) is 6.92. The number of hydroxylamine groups is 1. The summed E-state index contributed by atoms with van der Waals surface area (Å²) in [4.78, 5) is 70.7.